The van der Waals surface area contributed by atoms with Gasteiger partial charge >= 0.3 is 7.12 Å². The van der Waals surface area contributed by atoms with E-state index in [2.05, 4.69) is 5.48 Å². The van der Waals surface area contributed by atoms with Crippen molar-refractivity contribution in [2.75, 3.05) is 19.0 Å². The Kier molecular flexibility index (Phi) is 9.40. The van der Waals surface area contributed by atoms with Gasteiger partial charge in [0.1, 0.15) is 0 Å². The Morgan fingerprint density at radius 3 is 2.25 bits per heavy atom. The lowest BCUT2D eigenvalue weighted by Crippen LogP contribution is -2.29. The summed E-state index contributed by atoms with van der Waals surface area (Å²) in [4.78, 5) is 31.7. The summed E-state index contributed by atoms with van der Waals surface area (Å²) in [6, 6.07) is 13.9. The summed E-state index contributed by atoms with van der Waals surface area (Å²) in [6.45, 7) is 3.78. The number of hydrogen-bond acceptors (Lipinski definition) is 6. The molecule has 0 aliphatic carbocycles. The van der Waals surface area contributed by atoms with Crippen LogP contribution in [0.3, 0.4) is 0 Å². The van der Waals surface area contributed by atoms with E-state index in [0.29, 0.717) is 11.0 Å². The Bertz CT molecular complexity index is 967. The van der Waals surface area contributed by atoms with E-state index in [9.17, 15) is 9.59 Å². The molecule has 0 saturated carbocycles. The number of carbonyl (C=O) groups is 2. The molecule has 0 aromatic heterocycles. The van der Waals surface area contributed by atoms with Crippen molar-refractivity contribution in [3.8, 4) is 0 Å². The number of rotatable bonds is 10. The Hall–Kier alpha value is -3.20. The average Bonchev–Trinajstić information content (AvgIpc) is 2.77. The van der Waals surface area contributed by atoms with Gasteiger partial charge in [0.15, 0.2) is 5.78 Å². The maximum Gasteiger partial charge on any atom is 0.488 e. The molecule has 3 N–H and O–H groups in total. The minimum atomic E-state index is -1.52. The third-order valence-corrected chi connectivity index (χ3v) is 4.78. The van der Waals surface area contributed by atoms with Gasteiger partial charge in [-0.3, -0.25) is 14.4 Å². The van der Waals surface area contributed by atoms with Crippen LogP contribution in [0.1, 0.15) is 29.8 Å². The molecule has 32 heavy (non-hydrogen) atoms. The zero-order valence-corrected chi connectivity index (χ0v) is 18.8. The second-order valence-electron chi connectivity index (χ2n) is 7.71. The van der Waals surface area contributed by atoms with Crippen LogP contribution < -0.4 is 15.8 Å². The van der Waals surface area contributed by atoms with Crippen LogP contribution >= 0.6 is 0 Å². The zero-order valence-electron chi connectivity index (χ0n) is 18.8. The van der Waals surface area contributed by atoms with Gasteiger partial charge in [0.25, 0.3) is 5.91 Å². The van der Waals surface area contributed by atoms with E-state index in [1.54, 1.807) is 30.3 Å². The smallest absolute Gasteiger partial charge is 0.423 e. The van der Waals surface area contributed by atoms with Crippen LogP contribution in [-0.2, 0) is 16.2 Å². The van der Waals surface area contributed by atoms with E-state index >= 15 is 0 Å². The number of benzene rings is 2. The van der Waals surface area contributed by atoms with Gasteiger partial charge in [-0.25, -0.2) is 5.48 Å². The minimum Gasteiger partial charge on any atom is -0.423 e. The molecule has 1 atom stereocenters. The van der Waals surface area contributed by atoms with Gasteiger partial charge in [-0.2, -0.15) is 0 Å². The van der Waals surface area contributed by atoms with Crippen LogP contribution in [0.4, 0.5) is 5.69 Å². The first-order valence-corrected chi connectivity index (χ1v) is 10.2. The van der Waals surface area contributed by atoms with Crippen molar-refractivity contribution >= 4 is 30.0 Å². The highest BCUT2D eigenvalue weighted by Gasteiger charge is 2.13. The largest absolute Gasteiger partial charge is 0.488 e. The van der Waals surface area contributed by atoms with Crippen LogP contribution in [0.2, 0.25) is 0 Å². The molecule has 0 saturated heterocycles. The molecule has 0 heterocycles. The Morgan fingerprint density at radius 1 is 1.06 bits per heavy atom. The second kappa shape index (κ2) is 12.0. The van der Waals surface area contributed by atoms with E-state index in [4.69, 9.17) is 14.9 Å². The number of carbonyl (C=O) groups excluding carboxylic acids is 2. The maximum absolute atomic E-state index is 12.6. The Balaban J connectivity index is 1.83. The Morgan fingerprint density at radius 2 is 1.69 bits per heavy atom. The van der Waals surface area contributed by atoms with Crippen LogP contribution in [0.15, 0.2) is 72.3 Å². The van der Waals surface area contributed by atoms with E-state index in [1.807, 2.05) is 63.2 Å². The minimum absolute atomic E-state index is 0.00979. The molecular weight excluding hydrogens is 407 g/mol. The summed E-state index contributed by atoms with van der Waals surface area (Å²) in [7, 11) is 2.37. The van der Waals surface area contributed by atoms with Crippen molar-refractivity contribution in [2.24, 2.45) is 5.92 Å². The van der Waals surface area contributed by atoms with Gasteiger partial charge in [0.05, 0.1) is 6.61 Å². The molecule has 0 radical (unpaired) electrons. The third-order valence-electron chi connectivity index (χ3n) is 4.78. The molecule has 1 amide bonds. The molecule has 168 valence electrons. The van der Waals surface area contributed by atoms with E-state index in [1.165, 1.54) is 6.08 Å². The lowest BCUT2D eigenvalue weighted by molar-refractivity contribution is -0.129. The predicted octanol–water partition coefficient (Wildman–Crippen LogP) is 2.00. The number of ketones is 1. The summed E-state index contributed by atoms with van der Waals surface area (Å²) in [5.41, 5.74) is 5.91. The molecule has 0 bridgehead atoms. The molecule has 0 spiro atoms. The van der Waals surface area contributed by atoms with Gasteiger partial charge in [0, 0.05) is 37.3 Å². The van der Waals surface area contributed by atoms with Crippen molar-refractivity contribution in [3.05, 3.63) is 83.5 Å². The predicted molar refractivity (Wildman–Crippen MR) is 126 cm³/mol. The lowest BCUT2D eigenvalue weighted by atomic mass is 9.80. The molecule has 0 fully saturated rings. The van der Waals surface area contributed by atoms with E-state index in [0.717, 1.165) is 16.8 Å². The quantitative estimate of drug-likeness (QED) is 0.173. The first kappa shape index (κ1) is 25.1. The third kappa shape index (κ3) is 7.81. The van der Waals surface area contributed by atoms with Crippen molar-refractivity contribution in [1.29, 1.82) is 0 Å². The molecule has 8 heteroatoms. The molecule has 0 aliphatic rings. The van der Waals surface area contributed by atoms with Crippen LogP contribution in [0.25, 0.3) is 0 Å². The molecule has 2 aromatic rings. The van der Waals surface area contributed by atoms with Crippen LogP contribution in [-0.4, -0.2) is 43.0 Å². The molecule has 2 rings (SSSR count). The number of anilines is 1. The maximum atomic E-state index is 12.6. The highest BCUT2D eigenvalue weighted by Crippen LogP contribution is 2.17. The first-order chi connectivity index (χ1) is 15.2. The summed E-state index contributed by atoms with van der Waals surface area (Å²) >= 11 is 0. The summed E-state index contributed by atoms with van der Waals surface area (Å²) in [5, 5.41) is 18.1. The normalized spacial score (nSPS) is 12.5. The lowest BCUT2D eigenvalue weighted by Gasteiger charge is -2.13. The van der Waals surface area contributed by atoms with Crippen molar-refractivity contribution in [2.45, 2.75) is 20.5 Å². The number of allylic oxidation sites excluding steroid dienone is 3. The zero-order chi connectivity index (χ0) is 23.7. The fraction of sp³-hybridized carbons (Fsp3) is 0.250. The second-order valence-corrected chi connectivity index (χ2v) is 7.71. The molecule has 1 unspecified atom stereocenters. The topological polar surface area (TPSA) is 99.1 Å². The van der Waals surface area contributed by atoms with Crippen LogP contribution in [0.5, 0.6) is 0 Å². The number of amides is 1. The van der Waals surface area contributed by atoms with Gasteiger partial charge in [-0.15, -0.1) is 0 Å². The summed E-state index contributed by atoms with van der Waals surface area (Å²) in [6.07, 6.45) is 4.76. The number of nitrogens with zero attached hydrogens (tertiary/aromatic N) is 1. The number of Topliss-reactive ketones (excluding diaryl/α,β-unsaturated/α-hetero) is 1. The number of hydrogen-bond donors (Lipinski definition) is 3. The van der Waals surface area contributed by atoms with Crippen LogP contribution in [0, 0.1) is 5.92 Å². The number of hydroxylamine groups is 1. The van der Waals surface area contributed by atoms with Gasteiger partial charge in [0.2, 0.25) is 0 Å². The van der Waals surface area contributed by atoms with Crippen molar-refractivity contribution < 1.29 is 24.5 Å². The molecule has 2 aromatic carbocycles. The van der Waals surface area contributed by atoms with E-state index < -0.39 is 13.0 Å². The molecule has 0 aliphatic heterocycles. The first-order valence-electron chi connectivity index (χ1n) is 10.2. The fourth-order valence-electron chi connectivity index (χ4n) is 2.93. The van der Waals surface area contributed by atoms with Crippen molar-refractivity contribution in [3.63, 3.8) is 0 Å². The van der Waals surface area contributed by atoms with Gasteiger partial charge < -0.3 is 14.9 Å². The number of nitrogens with one attached hydrogen (secondary N) is 1. The highest BCUT2D eigenvalue weighted by molar-refractivity contribution is 6.58. The van der Waals surface area contributed by atoms with Crippen molar-refractivity contribution in [1.82, 2.24) is 5.48 Å². The fourth-order valence-corrected chi connectivity index (χ4v) is 2.93. The molecular formula is C24H29BN2O5. The standard InChI is InChI=1S/C24H29BN2O5/c1-17(15-18(2)24(29)20-8-12-22(13-9-20)27(3)4)5-14-23(28)26-32-16-19-6-10-21(11-7-19)25(30)31/h5-15,18,30-31H,16H2,1-4H3,(H,26,28)/b14-5+,17-15+. The SMILES string of the molecule is CC(/C=C/C(=O)NOCc1ccc(B(O)O)cc1)=C\C(C)C(=O)c1ccc(N(C)C)cc1. The van der Waals surface area contributed by atoms with E-state index in [-0.39, 0.29) is 18.3 Å². The monoisotopic (exact) mass is 436 g/mol. The Labute approximate surface area is 189 Å². The average molecular weight is 436 g/mol. The summed E-state index contributed by atoms with van der Waals surface area (Å²) in [5.74, 6) is -0.751. The van der Waals surface area contributed by atoms with Gasteiger partial charge in [-0.05, 0) is 42.2 Å². The summed E-state index contributed by atoms with van der Waals surface area (Å²) < 4.78 is 0. The van der Waals surface area contributed by atoms with Gasteiger partial charge in [-0.1, -0.05) is 48.9 Å². The molecule has 7 nitrogen and oxygen atoms in total. The highest BCUT2D eigenvalue weighted by atomic mass is 16.6.